The van der Waals surface area contributed by atoms with E-state index < -0.39 is 11.4 Å². The molecule has 0 bridgehead atoms. The van der Waals surface area contributed by atoms with Gasteiger partial charge in [0.2, 0.25) is 0 Å². The van der Waals surface area contributed by atoms with E-state index >= 15 is 0 Å². The van der Waals surface area contributed by atoms with Crippen LogP contribution in [0.25, 0.3) is 0 Å². The van der Waals surface area contributed by atoms with E-state index in [0.29, 0.717) is 18.4 Å². The van der Waals surface area contributed by atoms with Gasteiger partial charge in [0.1, 0.15) is 0 Å². The molecule has 2 rings (SSSR count). The average molecular weight is 238 g/mol. The van der Waals surface area contributed by atoms with E-state index in [-0.39, 0.29) is 11.9 Å². The molecule has 94 valence electrons. The van der Waals surface area contributed by atoms with Gasteiger partial charge in [0.25, 0.3) is 0 Å². The second kappa shape index (κ2) is 4.30. The third-order valence-corrected chi connectivity index (χ3v) is 3.23. The largest absolute Gasteiger partial charge is 0.488 e. The Kier molecular flexibility index (Phi) is 3.13. The number of rotatable bonds is 3. The summed E-state index contributed by atoms with van der Waals surface area (Å²) in [5.74, 6) is -0.165. The zero-order chi connectivity index (χ0) is 12.6. The van der Waals surface area contributed by atoms with Crippen LogP contribution in [0, 0.1) is 12.7 Å². The summed E-state index contributed by atoms with van der Waals surface area (Å²) < 4.78 is 19.7. The summed E-state index contributed by atoms with van der Waals surface area (Å²) in [6.07, 6.45) is 2.14. The van der Waals surface area contributed by atoms with Gasteiger partial charge in [0.15, 0.2) is 11.6 Å². The molecule has 17 heavy (non-hydrogen) atoms. The molecule has 0 spiro atoms. The van der Waals surface area contributed by atoms with Crippen molar-refractivity contribution >= 4 is 0 Å². The van der Waals surface area contributed by atoms with Crippen molar-refractivity contribution in [1.29, 1.82) is 0 Å². The first-order chi connectivity index (χ1) is 7.92. The molecule has 0 radical (unpaired) electrons. The van der Waals surface area contributed by atoms with Gasteiger partial charge in [-0.2, -0.15) is 0 Å². The van der Waals surface area contributed by atoms with Crippen LogP contribution >= 0.6 is 0 Å². The van der Waals surface area contributed by atoms with Crippen LogP contribution in [0.1, 0.15) is 44.2 Å². The van der Waals surface area contributed by atoms with Crippen LogP contribution in [-0.4, -0.2) is 11.2 Å². The highest BCUT2D eigenvalue weighted by molar-refractivity contribution is 5.39. The lowest BCUT2D eigenvalue weighted by molar-refractivity contribution is -0.0421. The van der Waals surface area contributed by atoms with E-state index in [4.69, 9.17) is 4.74 Å². The van der Waals surface area contributed by atoms with Crippen molar-refractivity contribution in [3.63, 3.8) is 0 Å². The average Bonchev–Trinajstić information content (AvgIpc) is 2.19. The summed E-state index contributed by atoms with van der Waals surface area (Å²) in [5, 5.41) is 10.2. The zero-order valence-electron chi connectivity index (χ0n) is 10.6. The molecular weight excluding hydrogens is 219 g/mol. The SMILES string of the molecule is Cc1cc(OC(C)C)c(F)c(C2(O)CCC2)c1. The quantitative estimate of drug-likeness (QED) is 0.875. The highest BCUT2D eigenvalue weighted by Gasteiger charge is 2.39. The molecule has 0 aromatic heterocycles. The monoisotopic (exact) mass is 238 g/mol. The third-order valence-electron chi connectivity index (χ3n) is 3.23. The number of hydrogen-bond acceptors (Lipinski definition) is 2. The first-order valence-corrected chi connectivity index (χ1v) is 6.12. The summed E-state index contributed by atoms with van der Waals surface area (Å²) in [4.78, 5) is 0. The minimum atomic E-state index is -0.981. The molecule has 1 saturated carbocycles. The number of ether oxygens (including phenoxy) is 1. The summed E-state index contributed by atoms with van der Waals surface area (Å²) in [6, 6.07) is 3.41. The number of hydrogen-bond donors (Lipinski definition) is 1. The van der Waals surface area contributed by atoms with Crippen molar-refractivity contribution in [2.24, 2.45) is 0 Å². The van der Waals surface area contributed by atoms with E-state index in [9.17, 15) is 9.50 Å². The summed E-state index contributed by atoms with van der Waals surface area (Å²) in [6.45, 7) is 5.61. The molecule has 2 nitrogen and oxygen atoms in total. The van der Waals surface area contributed by atoms with E-state index in [1.54, 1.807) is 12.1 Å². The fourth-order valence-corrected chi connectivity index (χ4v) is 2.19. The van der Waals surface area contributed by atoms with E-state index in [0.717, 1.165) is 12.0 Å². The Morgan fingerprint density at radius 3 is 2.47 bits per heavy atom. The highest BCUT2D eigenvalue weighted by atomic mass is 19.1. The van der Waals surface area contributed by atoms with E-state index in [1.165, 1.54) is 0 Å². The lowest BCUT2D eigenvalue weighted by Crippen LogP contribution is -2.34. The van der Waals surface area contributed by atoms with Crippen molar-refractivity contribution in [1.82, 2.24) is 0 Å². The lowest BCUT2D eigenvalue weighted by Gasteiger charge is -2.37. The maximum Gasteiger partial charge on any atom is 0.171 e. The predicted molar refractivity (Wildman–Crippen MR) is 64.6 cm³/mol. The Hall–Kier alpha value is -1.09. The molecule has 0 amide bonds. The van der Waals surface area contributed by atoms with Crippen molar-refractivity contribution in [2.75, 3.05) is 0 Å². The smallest absolute Gasteiger partial charge is 0.171 e. The van der Waals surface area contributed by atoms with Crippen LogP contribution in [-0.2, 0) is 5.60 Å². The van der Waals surface area contributed by atoms with Gasteiger partial charge in [0.05, 0.1) is 11.7 Å². The van der Waals surface area contributed by atoms with Gasteiger partial charge in [-0.15, -0.1) is 0 Å². The van der Waals surface area contributed by atoms with Crippen molar-refractivity contribution in [3.05, 3.63) is 29.1 Å². The Labute approximate surface area is 101 Å². The van der Waals surface area contributed by atoms with Gasteiger partial charge in [-0.25, -0.2) is 4.39 Å². The van der Waals surface area contributed by atoms with Gasteiger partial charge in [0, 0.05) is 5.56 Å². The first kappa shape index (κ1) is 12.4. The fraction of sp³-hybridized carbons (Fsp3) is 0.571. The molecule has 0 saturated heterocycles. The molecule has 1 N–H and O–H groups in total. The first-order valence-electron chi connectivity index (χ1n) is 6.12. The number of benzene rings is 1. The minimum Gasteiger partial charge on any atom is -0.488 e. The van der Waals surface area contributed by atoms with Crippen molar-refractivity contribution in [2.45, 2.75) is 51.7 Å². The highest BCUT2D eigenvalue weighted by Crippen LogP contribution is 2.44. The summed E-state index contributed by atoms with van der Waals surface area (Å²) >= 11 is 0. The van der Waals surface area contributed by atoms with Gasteiger partial charge in [-0.3, -0.25) is 0 Å². The van der Waals surface area contributed by atoms with Gasteiger partial charge in [-0.1, -0.05) is 0 Å². The maximum absolute atomic E-state index is 14.2. The molecule has 0 unspecified atom stereocenters. The molecule has 0 atom stereocenters. The Morgan fingerprint density at radius 2 is 2.00 bits per heavy atom. The second-order valence-electron chi connectivity index (χ2n) is 5.18. The number of aliphatic hydroxyl groups is 1. The van der Waals surface area contributed by atoms with Crippen LogP contribution in [0.15, 0.2) is 12.1 Å². The molecule has 0 aliphatic heterocycles. The van der Waals surface area contributed by atoms with Crippen LogP contribution in [0.4, 0.5) is 4.39 Å². The van der Waals surface area contributed by atoms with Gasteiger partial charge < -0.3 is 9.84 Å². The Balaban J connectivity index is 2.42. The zero-order valence-corrected chi connectivity index (χ0v) is 10.6. The molecule has 1 aliphatic rings. The van der Waals surface area contributed by atoms with Crippen LogP contribution in [0.3, 0.4) is 0 Å². The van der Waals surface area contributed by atoms with Gasteiger partial charge >= 0.3 is 0 Å². The topological polar surface area (TPSA) is 29.5 Å². The Bertz CT molecular complexity index is 422. The number of halogens is 1. The Morgan fingerprint density at radius 1 is 1.35 bits per heavy atom. The van der Waals surface area contributed by atoms with Crippen molar-refractivity contribution < 1.29 is 14.2 Å². The van der Waals surface area contributed by atoms with Crippen LogP contribution < -0.4 is 4.74 Å². The molecular formula is C14H19FO2. The normalized spacial score (nSPS) is 18.0. The molecule has 1 aromatic carbocycles. The molecule has 3 heteroatoms. The standard InChI is InChI=1S/C14H19FO2/c1-9(2)17-12-8-10(3)7-11(13(12)15)14(16)5-4-6-14/h7-9,16H,4-6H2,1-3H3. The number of aryl methyl sites for hydroxylation is 1. The lowest BCUT2D eigenvalue weighted by atomic mass is 9.74. The van der Waals surface area contributed by atoms with Crippen LogP contribution in [0.5, 0.6) is 5.75 Å². The maximum atomic E-state index is 14.2. The third kappa shape index (κ3) is 2.29. The molecule has 0 heterocycles. The molecule has 1 fully saturated rings. The van der Waals surface area contributed by atoms with E-state index in [1.807, 2.05) is 20.8 Å². The molecule has 1 aliphatic carbocycles. The summed E-state index contributed by atoms with van der Waals surface area (Å²) in [7, 11) is 0. The van der Waals surface area contributed by atoms with Crippen LogP contribution in [0.2, 0.25) is 0 Å². The predicted octanol–water partition coefficient (Wildman–Crippen LogP) is 3.29. The van der Waals surface area contributed by atoms with Gasteiger partial charge in [-0.05, 0) is 57.7 Å². The summed E-state index contributed by atoms with van der Waals surface area (Å²) in [5.41, 5.74) is 0.322. The second-order valence-corrected chi connectivity index (χ2v) is 5.18. The fourth-order valence-electron chi connectivity index (χ4n) is 2.19. The molecule has 1 aromatic rings. The van der Waals surface area contributed by atoms with Crippen molar-refractivity contribution in [3.8, 4) is 5.75 Å². The van der Waals surface area contributed by atoms with E-state index in [2.05, 4.69) is 0 Å². The minimum absolute atomic E-state index is 0.0739.